The summed E-state index contributed by atoms with van der Waals surface area (Å²) in [5.41, 5.74) is 7.72. The van der Waals surface area contributed by atoms with E-state index in [0.717, 1.165) is 30.0 Å². The average Bonchev–Trinajstić information content (AvgIpc) is 2.91. The fourth-order valence-corrected chi connectivity index (χ4v) is 4.90. The molecule has 2 aliphatic heterocycles. The van der Waals surface area contributed by atoms with Crippen molar-refractivity contribution in [1.29, 1.82) is 0 Å². The summed E-state index contributed by atoms with van der Waals surface area (Å²) >= 11 is 0. The zero-order valence-corrected chi connectivity index (χ0v) is 16.7. The molecule has 4 heterocycles. The summed E-state index contributed by atoms with van der Waals surface area (Å²) in [6.07, 6.45) is 7.83. The number of ether oxygens (including phenoxy) is 1. The van der Waals surface area contributed by atoms with Crippen LogP contribution in [0.3, 0.4) is 0 Å². The van der Waals surface area contributed by atoms with Gasteiger partial charge < -0.3 is 14.5 Å². The highest BCUT2D eigenvalue weighted by Crippen LogP contribution is 2.48. The third-order valence-corrected chi connectivity index (χ3v) is 6.97. The second-order valence-corrected chi connectivity index (χ2v) is 8.65. The van der Waals surface area contributed by atoms with Crippen LogP contribution in [0.1, 0.15) is 41.8 Å². The van der Waals surface area contributed by atoms with Crippen molar-refractivity contribution in [2.24, 2.45) is 0 Å². The minimum atomic E-state index is 0.280. The molecule has 0 amide bonds. The van der Waals surface area contributed by atoms with Gasteiger partial charge in [0.05, 0.1) is 17.4 Å². The van der Waals surface area contributed by atoms with E-state index in [0.29, 0.717) is 12.1 Å². The molecule has 2 aromatic heterocycles. The molecule has 0 saturated heterocycles. The van der Waals surface area contributed by atoms with E-state index in [4.69, 9.17) is 9.72 Å². The van der Waals surface area contributed by atoms with Crippen LogP contribution in [-0.2, 0) is 12.8 Å². The molecule has 2 aromatic rings. The van der Waals surface area contributed by atoms with E-state index in [-0.39, 0.29) is 6.04 Å². The van der Waals surface area contributed by atoms with Gasteiger partial charge in [-0.15, -0.1) is 0 Å². The molecule has 5 rings (SSSR count). The Morgan fingerprint density at radius 1 is 1.19 bits per heavy atom. The zero-order chi connectivity index (χ0) is 18.8. The van der Waals surface area contributed by atoms with E-state index in [2.05, 4.69) is 54.9 Å². The lowest BCUT2D eigenvalue weighted by molar-refractivity contribution is 0.248. The summed E-state index contributed by atoms with van der Waals surface area (Å²) < 4.78 is 5.95. The number of aromatic nitrogens is 2. The standard InChI is InChI=1S/C22H28N4O/c1-14-8-20-21(23-12-14)27-13-16(25(20)3)10-17-15(2)9-19-18(24-17)11-22(26(19)4)6-5-7-22/h8-9,12,16H,5-7,10-11,13H2,1-4H3/t16-/m1/s1. The van der Waals surface area contributed by atoms with Crippen LogP contribution >= 0.6 is 0 Å². The molecule has 1 saturated carbocycles. The summed E-state index contributed by atoms with van der Waals surface area (Å²) in [7, 11) is 4.40. The molecule has 1 fully saturated rings. The molecule has 5 heteroatoms. The Bertz CT molecular complexity index is 905. The van der Waals surface area contributed by atoms with Crippen molar-refractivity contribution in [3.8, 4) is 5.88 Å². The predicted octanol–water partition coefficient (Wildman–Crippen LogP) is 3.45. The van der Waals surface area contributed by atoms with Crippen LogP contribution in [-0.4, -0.2) is 42.3 Å². The Hall–Kier alpha value is -2.30. The number of fused-ring (bicyclic) bond motifs is 2. The topological polar surface area (TPSA) is 41.5 Å². The van der Waals surface area contributed by atoms with Gasteiger partial charge in [0.25, 0.3) is 0 Å². The molecule has 0 unspecified atom stereocenters. The number of likely N-dealkylation sites (N-methyl/N-ethyl adjacent to an activating group) is 2. The van der Waals surface area contributed by atoms with Crippen molar-refractivity contribution in [2.75, 3.05) is 30.5 Å². The van der Waals surface area contributed by atoms with E-state index in [1.807, 2.05) is 6.20 Å². The quantitative estimate of drug-likeness (QED) is 0.816. The van der Waals surface area contributed by atoms with Crippen molar-refractivity contribution in [3.05, 3.63) is 40.8 Å². The largest absolute Gasteiger partial charge is 0.474 e. The Morgan fingerprint density at radius 2 is 2.00 bits per heavy atom. The van der Waals surface area contributed by atoms with Gasteiger partial charge in [-0.25, -0.2) is 4.98 Å². The third-order valence-electron chi connectivity index (χ3n) is 6.97. The monoisotopic (exact) mass is 364 g/mol. The third kappa shape index (κ3) is 2.51. The smallest absolute Gasteiger partial charge is 0.237 e. The molecule has 0 aromatic carbocycles. The minimum absolute atomic E-state index is 0.280. The fraction of sp³-hybridized carbons (Fsp3) is 0.545. The molecular weight excluding hydrogens is 336 g/mol. The Balaban J connectivity index is 1.42. The maximum Gasteiger partial charge on any atom is 0.237 e. The molecule has 142 valence electrons. The summed E-state index contributed by atoms with van der Waals surface area (Å²) in [5, 5.41) is 0. The van der Waals surface area contributed by atoms with Crippen molar-refractivity contribution in [1.82, 2.24) is 9.97 Å². The molecule has 27 heavy (non-hydrogen) atoms. The molecule has 1 atom stereocenters. The highest BCUT2D eigenvalue weighted by molar-refractivity contribution is 5.62. The minimum Gasteiger partial charge on any atom is -0.474 e. The van der Waals surface area contributed by atoms with Crippen molar-refractivity contribution >= 4 is 11.4 Å². The van der Waals surface area contributed by atoms with Gasteiger partial charge in [0.15, 0.2) is 0 Å². The molecule has 0 bridgehead atoms. The lowest BCUT2D eigenvalue weighted by atomic mass is 9.75. The zero-order valence-electron chi connectivity index (χ0n) is 16.7. The number of pyridine rings is 2. The maximum absolute atomic E-state index is 5.95. The Labute approximate surface area is 161 Å². The first-order valence-corrected chi connectivity index (χ1v) is 10.0. The second kappa shape index (κ2) is 5.85. The van der Waals surface area contributed by atoms with Gasteiger partial charge in [0.1, 0.15) is 12.3 Å². The molecule has 5 nitrogen and oxygen atoms in total. The molecule has 1 spiro atoms. The van der Waals surface area contributed by atoms with Gasteiger partial charge in [-0.2, -0.15) is 0 Å². The summed E-state index contributed by atoms with van der Waals surface area (Å²) in [4.78, 5) is 14.4. The highest BCUT2D eigenvalue weighted by Gasteiger charge is 2.47. The van der Waals surface area contributed by atoms with Crippen LogP contribution in [0.25, 0.3) is 0 Å². The maximum atomic E-state index is 5.95. The van der Waals surface area contributed by atoms with E-state index < -0.39 is 0 Å². The molecule has 3 aliphatic rings. The van der Waals surface area contributed by atoms with E-state index >= 15 is 0 Å². The predicted molar refractivity (Wildman–Crippen MR) is 108 cm³/mol. The molecule has 0 radical (unpaired) electrons. The fourth-order valence-electron chi connectivity index (χ4n) is 4.90. The average molecular weight is 364 g/mol. The number of aryl methyl sites for hydroxylation is 2. The van der Waals surface area contributed by atoms with Crippen LogP contribution in [0.15, 0.2) is 18.3 Å². The summed E-state index contributed by atoms with van der Waals surface area (Å²) in [5.74, 6) is 0.742. The van der Waals surface area contributed by atoms with Crippen LogP contribution in [0, 0.1) is 13.8 Å². The van der Waals surface area contributed by atoms with Gasteiger partial charge in [-0.1, -0.05) is 0 Å². The van der Waals surface area contributed by atoms with E-state index in [9.17, 15) is 0 Å². The number of rotatable bonds is 2. The Morgan fingerprint density at radius 3 is 2.74 bits per heavy atom. The second-order valence-electron chi connectivity index (χ2n) is 8.65. The van der Waals surface area contributed by atoms with Crippen LogP contribution in [0.2, 0.25) is 0 Å². The normalized spacial score (nSPS) is 22.3. The van der Waals surface area contributed by atoms with Gasteiger partial charge in [0, 0.05) is 44.4 Å². The lowest BCUT2D eigenvalue weighted by Gasteiger charge is -2.45. The van der Waals surface area contributed by atoms with Crippen LogP contribution in [0.5, 0.6) is 5.88 Å². The number of hydrogen-bond acceptors (Lipinski definition) is 5. The molecular formula is C22H28N4O. The van der Waals surface area contributed by atoms with Crippen molar-refractivity contribution in [3.63, 3.8) is 0 Å². The van der Waals surface area contributed by atoms with E-state index in [1.54, 1.807) is 0 Å². The first-order chi connectivity index (χ1) is 13.0. The first-order valence-electron chi connectivity index (χ1n) is 10.0. The number of anilines is 2. The first kappa shape index (κ1) is 16.8. The lowest BCUT2D eigenvalue weighted by Crippen LogP contribution is -2.50. The van der Waals surface area contributed by atoms with Gasteiger partial charge in [-0.05, 0) is 56.4 Å². The van der Waals surface area contributed by atoms with E-state index in [1.165, 1.54) is 41.9 Å². The van der Waals surface area contributed by atoms with Gasteiger partial charge >= 0.3 is 0 Å². The van der Waals surface area contributed by atoms with Crippen LogP contribution in [0.4, 0.5) is 11.4 Å². The molecule has 1 aliphatic carbocycles. The van der Waals surface area contributed by atoms with Gasteiger partial charge in [-0.3, -0.25) is 4.98 Å². The SMILES string of the molecule is Cc1cnc2c(c1)N(C)[C@H](Cc1nc3c(cc1C)N(C)C1(CCC1)C3)CO2. The van der Waals surface area contributed by atoms with Crippen LogP contribution < -0.4 is 14.5 Å². The van der Waals surface area contributed by atoms with Crippen molar-refractivity contribution < 1.29 is 4.74 Å². The highest BCUT2D eigenvalue weighted by atomic mass is 16.5. The van der Waals surface area contributed by atoms with Crippen molar-refractivity contribution in [2.45, 2.75) is 57.5 Å². The molecule has 0 N–H and O–H groups in total. The summed E-state index contributed by atoms with van der Waals surface area (Å²) in [6, 6.07) is 4.79. The number of nitrogens with zero attached hydrogens (tertiary/aromatic N) is 4. The van der Waals surface area contributed by atoms with Gasteiger partial charge in [0.2, 0.25) is 5.88 Å². The summed E-state index contributed by atoms with van der Waals surface area (Å²) in [6.45, 7) is 4.93. The number of hydrogen-bond donors (Lipinski definition) is 0. The Kier molecular flexibility index (Phi) is 3.65.